The number of rotatable bonds is 8. The van der Waals surface area contributed by atoms with Crippen molar-refractivity contribution >= 4 is 18.2 Å². The molecule has 0 fully saturated rings. The molecule has 126 valence electrons. The van der Waals surface area contributed by atoms with Gasteiger partial charge in [0.05, 0.1) is 0 Å². The minimum Gasteiger partial charge on any atom is -0.486 e. The second-order valence-corrected chi connectivity index (χ2v) is 5.01. The molecule has 0 spiro atoms. The molecule has 7 nitrogen and oxygen atoms in total. The van der Waals surface area contributed by atoms with Gasteiger partial charge in [0.15, 0.2) is 5.76 Å². The summed E-state index contributed by atoms with van der Waals surface area (Å²) in [5.41, 5.74) is 0.545. The zero-order valence-corrected chi connectivity index (χ0v) is 13.0. The van der Waals surface area contributed by atoms with Crippen LogP contribution in [0.3, 0.4) is 0 Å². The second kappa shape index (κ2) is 7.96. The molecule has 1 unspecified atom stereocenters. The maximum atomic E-state index is 11.9. The van der Waals surface area contributed by atoms with E-state index in [4.69, 9.17) is 14.3 Å². The summed E-state index contributed by atoms with van der Waals surface area (Å²) in [5.74, 6) is -0.696. The maximum Gasteiger partial charge on any atom is 0.326 e. The smallest absolute Gasteiger partial charge is 0.326 e. The molecule has 0 saturated heterocycles. The zero-order valence-electron chi connectivity index (χ0n) is 13.0. The predicted octanol–water partition coefficient (Wildman–Crippen LogP) is 2.26. The van der Waals surface area contributed by atoms with Crippen molar-refractivity contribution in [1.82, 2.24) is 5.32 Å². The number of aldehydes is 1. The Morgan fingerprint density at radius 2 is 1.96 bits per heavy atom. The van der Waals surface area contributed by atoms with Crippen molar-refractivity contribution in [2.45, 2.75) is 26.0 Å². The number of hydrogen-bond acceptors (Lipinski definition) is 5. The SMILES string of the molecule is CCC(NC(=O)c1ccc(COc2ccc(C=O)cc2)o1)C(=O)O. The zero-order chi connectivity index (χ0) is 17.5. The van der Waals surface area contributed by atoms with Gasteiger partial charge in [-0.3, -0.25) is 9.59 Å². The highest BCUT2D eigenvalue weighted by molar-refractivity contribution is 5.94. The Morgan fingerprint density at radius 3 is 2.54 bits per heavy atom. The average Bonchev–Trinajstić information content (AvgIpc) is 3.07. The average molecular weight is 331 g/mol. The molecule has 0 aliphatic heterocycles. The summed E-state index contributed by atoms with van der Waals surface area (Å²) >= 11 is 0. The number of carboxylic acids is 1. The lowest BCUT2D eigenvalue weighted by molar-refractivity contribution is -0.139. The fourth-order valence-corrected chi connectivity index (χ4v) is 1.94. The van der Waals surface area contributed by atoms with Crippen molar-refractivity contribution in [3.63, 3.8) is 0 Å². The Morgan fingerprint density at radius 1 is 1.25 bits per heavy atom. The van der Waals surface area contributed by atoms with Crippen molar-refractivity contribution in [2.24, 2.45) is 0 Å². The molecular formula is C17H17NO6. The molecule has 2 rings (SSSR count). The lowest BCUT2D eigenvalue weighted by Gasteiger charge is -2.10. The first-order valence-corrected chi connectivity index (χ1v) is 7.34. The normalized spacial score (nSPS) is 11.5. The molecule has 0 bridgehead atoms. The summed E-state index contributed by atoms with van der Waals surface area (Å²) in [7, 11) is 0. The van der Waals surface area contributed by atoms with E-state index >= 15 is 0 Å². The van der Waals surface area contributed by atoms with E-state index in [-0.39, 0.29) is 18.8 Å². The first-order chi connectivity index (χ1) is 11.5. The number of carbonyl (C=O) groups excluding carboxylic acids is 2. The van der Waals surface area contributed by atoms with Crippen LogP contribution in [-0.4, -0.2) is 29.3 Å². The Kier molecular flexibility index (Phi) is 5.73. The molecule has 7 heteroatoms. The number of hydrogen-bond donors (Lipinski definition) is 2. The van der Waals surface area contributed by atoms with E-state index in [1.807, 2.05) is 0 Å². The lowest BCUT2D eigenvalue weighted by Crippen LogP contribution is -2.40. The molecule has 1 aromatic heterocycles. The molecule has 1 amide bonds. The summed E-state index contributed by atoms with van der Waals surface area (Å²) in [5, 5.41) is 11.3. The standard InChI is InChI=1S/C17H17NO6/c1-2-14(17(21)22)18-16(20)15-8-7-13(24-15)10-23-12-5-3-11(9-19)4-6-12/h3-9,14H,2,10H2,1H3,(H,18,20)(H,21,22). The number of carboxylic acid groups (broad SMARTS) is 1. The first kappa shape index (κ1) is 17.3. The van der Waals surface area contributed by atoms with Crippen molar-refractivity contribution in [3.8, 4) is 5.75 Å². The monoisotopic (exact) mass is 331 g/mol. The Bertz CT molecular complexity index is 719. The molecule has 2 N–H and O–H groups in total. The van der Waals surface area contributed by atoms with Gasteiger partial charge in [-0.15, -0.1) is 0 Å². The Hall–Kier alpha value is -3.09. The number of aliphatic carboxylic acids is 1. The van der Waals surface area contributed by atoms with Crippen molar-refractivity contribution in [2.75, 3.05) is 0 Å². The summed E-state index contributed by atoms with van der Waals surface area (Å²) in [6.45, 7) is 1.76. The maximum absolute atomic E-state index is 11.9. The largest absolute Gasteiger partial charge is 0.486 e. The van der Waals surface area contributed by atoms with E-state index in [1.54, 1.807) is 37.3 Å². The van der Waals surface area contributed by atoms with Crippen LogP contribution in [0, 0.1) is 0 Å². The number of ether oxygens (including phenoxy) is 1. The van der Waals surface area contributed by atoms with Gasteiger partial charge in [-0.05, 0) is 42.8 Å². The molecule has 0 aliphatic carbocycles. The van der Waals surface area contributed by atoms with Gasteiger partial charge in [0.25, 0.3) is 5.91 Å². The third kappa shape index (κ3) is 4.45. The van der Waals surface area contributed by atoms with Gasteiger partial charge in [-0.1, -0.05) is 6.92 Å². The minimum absolute atomic E-state index is 0.0182. The van der Waals surface area contributed by atoms with Crippen LogP contribution in [0.15, 0.2) is 40.8 Å². The third-order valence-corrected chi connectivity index (χ3v) is 3.29. The quantitative estimate of drug-likeness (QED) is 0.719. The van der Waals surface area contributed by atoms with E-state index in [2.05, 4.69) is 5.32 Å². The fraction of sp³-hybridized carbons (Fsp3) is 0.235. The summed E-state index contributed by atoms with van der Waals surface area (Å²) in [4.78, 5) is 33.4. The highest BCUT2D eigenvalue weighted by Gasteiger charge is 2.20. The van der Waals surface area contributed by atoms with Crippen LogP contribution in [0.25, 0.3) is 0 Å². The third-order valence-electron chi connectivity index (χ3n) is 3.29. The predicted molar refractivity (Wildman–Crippen MR) is 84.1 cm³/mol. The fourth-order valence-electron chi connectivity index (χ4n) is 1.94. The van der Waals surface area contributed by atoms with Crippen molar-refractivity contribution in [1.29, 1.82) is 0 Å². The topological polar surface area (TPSA) is 106 Å². The summed E-state index contributed by atoms with van der Waals surface area (Å²) in [6.07, 6.45) is 1.01. The number of carbonyl (C=O) groups is 3. The van der Waals surface area contributed by atoms with E-state index in [0.717, 1.165) is 6.29 Å². The number of benzene rings is 1. The molecule has 1 heterocycles. The molecule has 24 heavy (non-hydrogen) atoms. The van der Waals surface area contributed by atoms with Gasteiger partial charge < -0.3 is 19.6 Å². The van der Waals surface area contributed by atoms with Crippen LogP contribution in [-0.2, 0) is 11.4 Å². The minimum atomic E-state index is -1.10. The van der Waals surface area contributed by atoms with Crippen LogP contribution >= 0.6 is 0 Å². The van der Waals surface area contributed by atoms with Crippen LogP contribution in [0.2, 0.25) is 0 Å². The highest BCUT2D eigenvalue weighted by atomic mass is 16.5. The van der Waals surface area contributed by atoms with Crippen LogP contribution < -0.4 is 10.1 Å². The van der Waals surface area contributed by atoms with Gasteiger partial charge in [-0.2, -0.15) is 0 Å². The number of amides is 1. The Labute approximate surface area is 138 Å². The first-order valence-electron chi connectivity index (χ1n) is 7.34. The molecule has 0 radical (unpaired) electrons. The summed E-state index contributed by atoms with van der Waals surface area (Å²) < 4.78 is 10.8. The van der Waals surface area contributed by atoms with Crippen LogP contribution in [0.4, 0.5) is 0 Å². The molecule has 1 atom stereocenters. The van der Waals surface area contributed by atoms with Crippen LogP contribution in [0.1, 0.15) is 40.0 Å². The molecule has 2 aromatic rings. The Balaban J connectivity index is 1.93. The van der Waals surface area contributed by atoms with Gasteiger partial charge >= 0.3 is 5.97 Å². The van der Waals surface area contributed by atoms with Crippen molar-refractivity contribution < 1.29 is 28.6 Å². The van der Waals surface area contributed by atoms with Crippen molar-refractivity contribution in [3.05, 3.63) is 53.5 Å². The second-order valence-electron chi connectivity index (χ2n) is 5.01. The summed E-state index contributed by atoms with van der Waals surface area (Å²) in [6, 6.07) is 8.63. The highest BCUT2D eigenvalue weighted by Crippen LogP contribution is 2.15. The van der Waals surface area contributed by atoms with Gasteiger partial charge in [0.2, 0.25) is 0 Å². The molecule has 1 aromatic carbocycles. The van der Waals surface area contributed by atoms with E-state index in [9.17, 15) is 14.4 Å². The lowest BCUT2D eigenvalue weighted by atomic mass is 10.2. The molecular weight excluding hydrogens is 314 g/mol. The van der Waals surface area contributed by atoms with Gasteiger partial charge in [0.1, 0.15) is 30.4 Å². The number of furan rings is 1. The van der Waals surface area contributed by atoms with E-state index < -0.39 is 17.9 Å². The molecule has 0 saturated carbocycles. The number of nitrogens with one attached hydrogen (secondary N) is 1. The van der Waals surface area contributed by atoms with Gasteiger partial charge in [0, 0.05) is 5.56 Å². The van der Waals surface area contributed by atoms with Gasteiger partial charge in [-0.25, -0.2) is 4.79 Å². The van der Waals surface area contributed by atoms with E-state index in [1.165, 1.54) is 6.07 Å². The molecule has 0 aliphatic rings. The van der Waals surface area contributed by atoms with E-state index in [0.29, 0.717) is 17.1 Å². The van der Waals surface area contributed by atoms with Crippen LogP contribution in [0.5, 0.6) is 5.75 Å².